The van der Waals surface area contributed by atoms with Crippen LogP contribution in [0.4, 0.5) is 10.2 Å². The highest BCUT2D eigenvalue weighted by Gasteiger charge is 2.19. The lowest BCUT2D eigenvalue weighted by Crippen LogP contribution is -2.07. The zero-order valence-corrected chi connectivity index (χ0v) is 12.7. The van der Waals surface area contributed by atoms with Gasteiger partial charge >= 0.3 is 0 Å². The van der Waals surface area contributed by atoms with E-state index in [4.69, 9.17) is 17.3 Å². The number of benzene rings is 1. The molecule has 0 radical (unpaired) electrons. The summed E-state index contributed by atoms with van der Waals surface area (Å²) in [5, 5.41) is 11.3. The molecule has 0 atom stereocenters. The first-order valence-corrected chi connectivity index (χ1v) is 6.90. The van der Waals surface area contributed by atoms with E-state index in [9.17, 15) is 4.39 Å². The van der Waals surface area contributed by atoms with Crippen LogP contribution in [0.2, 0.25) is 5.02 Å². The van der Waals surface area contributed by atoms with Crippen molar-refractivity contribution >= 4 is 33.3 Å². The molecule has 0 aliphatic heterocycles. The molecule has 0 amide bonds. The second kappa shape index (κ2) is 5.38. The fourth-order valence-electron chi connectivity index (χ4n) is 1.84. The van der Waals surface area contributed by atoms with Gasteiger partial charge in [-0.3, -0.25) is 0 Å². The highest BCUT2D eigenvalue weighted by Crippen LogP contribution is 2.30. The van der Waals surface area contributed by atoms with Crippen LogP contribution in [0, 0.1) is 5.82 Å². The number of nitrogen functional groups attached to an aromatic ring is 1. The number of halogens is 3. The number of tetrazole rings is 1. The van der Waals surface area contributed by atoms with Gasteiger partial charge in [-0.2, -0.15) is 4.68 Å². The maximum absolute atomic E-state index is 14.2. The van der Waals surface area contributed by atoms with Gasteiger partial charge in [-0.15, -0.1) is 5.10 Å². The van der Waals surface area contributed by atoms with Gasteiger partial charge in [0.15, 0.2) is 17.5 Å². The molecule has 9 heteroatoms. The Morgan fingerprint density at radius 2 is 2.10 bits per heavy atom. The van der Waals surface area contributed by atoms with E-state index in [1.54, 1.807) is 12.1 Å². The molecule has 0 bridgehead atoms. The Morgan fingerprint density at radius 3 is 2.86 bits per heavy atom. The molecular weight excluding hydrogens is 363 g/mol. The summed E-state index contributed by atoms with van der Waals surface area (Å²) in [7, 11) is 0. The summed E-state index contributed by atoms with van der Waals surface area (Å²) in [6, 6.07) is 6.28. The number of anilines is 1. The summed E-state index contributed by atoms with van der Waals surface area (Å²) in [6.07, 6.45) is 1.53. The number of nitrogens with two attached hydrogens (primary N) is 1. The van der Waals surface area contributed by atoms with Crippen molar-refractivity contribution in [2.45, 2.75) is 0 Å². The molecule has 3 rings (SSSR count). The SMILES string of the molecule is Nc1nccc(Br)c1-n1nnnc1-c1cccc(Cl)c1F. The smallest absolute Gasteiger partial charge is 0.190 e. The first-order valence-electron chi connectivity index (χ1n) is 5.72. The van der Waals surface area contributed by atoms with E-state index >= 15 is 0 Å². The van der Waals surface area contributed by atoms with Crippen LogP contribution in [0.5, 0.6) is 0 Å². The van der Waals surface area contributed by atoms with Crippen LogP contribution in [0.15, 0.2) is 34.9 Å². The lowest BCUT2D eigenvalue weighted by Gasteiger charge is -2.09. The van der Waals surface area contributed by atoms with Crippen LogP contribution in [-0.4, -0.2) is 25.2 Å². The van der Waals surface area contributed by atoms with Crippen molar-refractivity contribution in [2.75, 3.05) is 5.73 Å². The lowest BCUT2D eigenvalue weighted by molar-refractivity contribution is 0.629. The Balaban J connectivity index is 2.25. The molecule has 106 valence electrons. The van der Waals surface area contributed by atoms with Gasteiger partial charge in [0.2, 0.25) is 0 Å². The van der Waals surface area contributed by atoms with E-state index in [-0.39, 0.29) is 22.2 Å². The van der Waals surface area contributed by atoms with Crippen LogP contribution < -0.4 is 5.73 Å². The standard InChI is InChI=1S/C12H7BrClFN6/c13-7-4-5-17-11(16)10(7)21-12(18-19-20-21)6-2-1-3-8(14)9(6)15/h1-5H,(H2,16,17). The second-order valence-electron chi connectivity index (χ2n) is 4.04. The highest BCUT2D eigenvalue weighted by molar-refractivity contribution is 9.10. The van der Waals surface area contributed by atoms with Gasteiger partial charge < -0.3 is 5.73 Å². The number of hydrogen-bond donors (Lipinski definition) is 1. The molecule has 2 N–H and O–H groups in total. The second-order valence-corrected chi connectivity index (χ2v) is 5.30. The third-order valence-electron chi connectivity index (χ3n) is 2.78. The average molecular weight is 370 g/mol. The van der Waals surface area contributed by atoms with E-state index in [1.807, 2.05) is 0 Å². The zero-order valence-electron chi connectivity index (χ0n) is 10.3. The van der Waals surface area contributed by atoms with Gasteiger partial charge in [-0.25, -0.2) is 9.37 Å². The third kappa shape index (κ3) is 2.36. The van der Waals surface area contributed by atoms with Crippen molar-refractivity contribution in [3.63, 3.8) is 0 Å². The van der Waals surface area contributed by atoms with Crippen molar-refractivity contribution in [1.29, 1.82) is 0 Å². The normalized spacial score (nSPS) is 10.8. The van der Waals surface area contributed by atoms with Crippen molar-refractivity contribution in [2.24, 2.45) is 0 Å². The van der Waals surface area contributed by atoms with E-state index < -0.39 is 5.82 Å². The van der Waals surface area contributed by atoms with E-state index in [2.05, 4.69) is 36.4 Å². The molecule has 0 aliphatic carbocycles. The molecule has 0 saturated carbocycles. The maximum atomic E-state index is 14.2. The summed E-state index contributed by atoms with van der Waals surface area (Å²) in [5.74, 6) is -0.218. The molecule has 0 aliphatic rings. The molecule has 2 aromatic heterocycles. The predicted molar refractivity (Wildman–Crippen MR) is 79.5 cm³/mol. The van der Waals surface area contributed by atoms with Gasteiger partial charge in [-0.1, -0.05) is 17.7 Å². The number of rotatable bonds is 2. The van der Waals surface area contributed by atoms with Gasteiger partial charge in [0.25, 0.3) is 0 Å². The van der Waals surface area contributed by atoms with Crippen molar-refractivity contribution < 1.29 is 4.39 Å². The van der Waals surface area contributed by atoms with E-state index in [0.717, 1.165) is 0 Å². The monoisotopic (exact) mass is 368 g/mol. The van der Waals surface area contributed by atoms with Crippen LogP contribution in [0.1, 0.15) is 0 Å². The number of hydrogen-bond acceptors (Lipinski definition) is 5. The van der Waals surface area contributed by atoms with Crippen LogP contribution in [0.25, 0.3) is 17.1 Å². The summed E-state index contributed by atoms with van der Waals surface area (Å²) >= 11 is 9.14. The lowest BCUT2D eigenvalue weighted by atomic mass is 10.2. The predicted octanol–water partition coefficient (Wildman–Crippen LogP) is 2.86. The Labute approximate surface area is 131 Å². The summed E-state index contributed by atoms with van der Waals surface area (Å²) in [5.41, 5.74) is 6.45. The first kappa shape index (κ1) is 13.9. The number of nitrogens with zero attached hydrogens (tertiary/aromatic N) is 5. The third-order valence-corrected chi connectivity index (χ3v) is 3.71. The van der Waals surface area contributed by atoms with Gasteiger partial charge in [-0.05, 0) is 44.6 Å². The van der Waals surface area contributed by atoms with Crippen LogP contribution in [0.3, 0.4) is 0 Å². The molecule has 0 unspecified atom stereocenters. The maximum Gasteiger partial charge on any atom is 0.190 e. The quantitative estimate of drug-likeness (QED) is 0.751. The van der Waals surface area contributed by atoms with Gasteiger partial charge in [0.1, 0.15) is 5.69 Å². The largest absolute Gasteiger partial charge is 0.382 e. The minimum atomic E-state index is -0.603. The molecule has 1 aromatic carbocycles. The summed E-state index contributed by atoms with van der Waals surface area (Å²) in [6.45, 7) is 0. The molecule has 0 spiro atoms. The summed E-state index contributed by atoms with van der Waals surface area (Å²) < 4.78 is 16.1. The number of pyridine rings is 1. The zero-order chi connectivity index (χ0) is 15.0. The Hall–Kier alpha value is -2.06. The molecule has 3 aromatic rings. The van der Waals surface area contributed by atoms with E-state index in [0.29, 0.717) is 10.2 Å². The number of aromatic nitrogens is 5. The first-order chi connectivity index (χ1) is 10.1. The van der Waals surface area contributed by atoms with Gasteiger partial charge in [0.05, 0.1) is 10.6 Å². The van der Waals surface area contributed by atoms with Crippen LogP contribution in [-0.2, 0) is 0 Å². The van der Waals surface area contributed by atoms with Gasteiger partial charge in [0, 0.05) is 10.7 Å². The van der Waals surface area contributed by atoms with Crippen LogP contribution >= 0.6 is 27.5 Å². The molecule has 2 heterocycles. The average Bonchev–Trinajstić information content (AvgIpc) is 2.91. The molecule has 0 fully saturated rings. The molecule has 0 saturated heterocycles. The Morgan fingerprint density at radius 1 is 1.29 bits per heavy atom. The molecular formula is C12H7BrClFN6. The topological polar surface area (TPSA) is 82.5 Å². The van der Waals surface area contributed by atoms with Crippen molar-refractivity contribution in [3.8, 4) is 17.1 Å². The summed E-state index contributed by atoms with van der Waals surface area (Å²) in [4.78, 5) is 3.98. The molecule has 21 heavy (non-hydrogen) atoms. The minimum Gasteiger partial charge on any atom is -0.382 e. The molecule has 6 nitrogen and oxygen atoms in total. The minimum absolute atomic E-state index is 0.0136. The van der Waals surface area contributed by atoms with Crippen molar-refractivity contribution in [3.05, 3.63) is 45.8 Å². The van der Waals surface area contributed by atoms with Crippen molar-refractivity contribution in [1.82, 2.24) is 25.2 Å². The Bertz CT molecular complexity index is 801. The Kier molecular flexibility index (Phi) is 3.56. The van der Waals surface area contributed by atoms with E-state index in [1.165, 1.54) is 23.0 Å². The fourth-order valence-corrected chi connectivity index (χ4v) is 2.50. The fraction of sp³-hybridized carbons (Fsp3) is 0. The highest BCUT2D eigenvalue weighted by atomic mass is 79.9.